The third kappa shape index (κ3) is 3.64. The Balaban J connectivity index is 1.61. The molecule has 0 aliphatic heterocycles. The van der Waals surface area contributed by atoms with E-state index in [-0.39, 0.29) is 17.2 Å². The fourth-order valence-corrected chi connectivity index (χ4v) is 3.03. The number of para-hydroxylation sites is 1. The topological polar surface area (TPSA) is 105 Å². The van der Waals surface area contributed by atoms with Crippen molar-refractivity contribution in [2.75, 3.05) is 0 Å². The van der Waals surface area contributed by atoms with Gasteiger partial charge in [-0.1, -0.05) is 30.3 Å². The molecule has 0 radical (unpaired) electrons. The van der Waals surface area contributed by atoms with Crippen molar-refractivity contribution in [2.45, 2.75) is 17.9 Å². The lowest BCUT2D eigenvalue weighted by Crippen LogP contribution is -2.24. The molecule has 1 aromatic heterocycles. The summed E-state index contributed by atoms with van der Waals surface area (Å²) >= 11 is 0. The molecule has 0 unspecified atom stereocenters. The van der Waals surface area contributed by atoms with E-state index in [0.29, 0.717) is 6.54 Å². The van der Waals surface area contributed by atoms with Gasteiger partial charge in [0.2, 0.25) is 15.9 Å². The largest absolute Gasteiger partial charge is 0.361 e. The van der Waals surface area contributed by atoms with Crippen molar-refractivity contribution < 1.29 is 13.2 Å². The van der Waals surface area contributed by atoms with Crippen LogP contribution in [0.5, 0.6) is 0 Å². The van der Waals surface area contributed by atoms with E-state index in [0.717, 1.165) is 22.0 Å². The zero-order chi connectivity index (χ0) is 17.2. The number of nitrogens with one attached hydrogen (secondary N) is 2. The number of rotatable bonds is 5. The van der Waals surface area contributed by atoms with Gasteiger partial charge < -0.3 is 10.3 Å². The number of benzene rings is 2. The number of fused-ring (bicyclic) bond motifs is 1. The van der Waals surface area contributed by atoms with Gasteiger partial charge >= 0.3 is 0 Å². The molecule has 3 aromatic rings. The van der Waals surface area contributed by atoms with Crippen LogP contribution in [0.2, 0.25) is 0 Å². The quantitative estimate of drug-likeness (QED) is 0.656. The molecule has 0 atom stereocenters. The fraction of sp³-hybridized carbons (Fsp3) is 0.118. The smallest absolute Gasteiger partial charge is 0.238 e. The third-order valence-electron chi connectivity index (χ3n) is 3.77. The van der Waals surface area contributed by atoms with Gasteiger partial charge in [0.05, 0.1) is 11.3 Å². The first-order chi connectivity index (χ1) is 11.4. The molecule has 1 amide bonds. The predicted molar refractivity (Wildman–Crippen MR) is 91.7 cm³/mol. The van der Waals surface area contributed by atoms with Gasteiger partial charge in [-0.25, -0.2) is 13.6 Å². The van der Waals surface area contributed by atoms with Crippen LogP contribution in [0.25, 0.3) is 10.9 Å². The molecule has 24 heavy (non-hydrogen) atoms. The van der Waals surface area contributed by atoms with Gasteiger partial charge in [-0.15, -0.1) is 0 Å². The van der Waals surface area contributed by atoms with Gasteiger partial charge in [-0.05, 0) is 29.3 Å². The minimum atomic E-state index is -3.70. The Bertz CT molecular complexity index is 976. The van der Waals surface area contributed by atoms with Crippen LogP contribution in [0.15, 0.2) is 59.6 Å². The summed E-state index contributed by atoms with van der Waals surface area (Å²) in [5.74, 6) is -0.102. The molecule has 124 valence electrons. The third-order valence-corrected chi connectivity index (χ3v) is 4.70. The van der Waals surface area contributed by atoms with E-state index in [1.54, 1.807) is 12.1 Å². The molecule has 0 aliphatic rings. The molecule has 3 rings (SSSR count). The van der Waals surface area contributed by atoms with E-state index in [1.165, 1.54) is 12.1 Å². The van der Waals surface area contributed by atoms with Gasteiger partial charge in [0, 0.05) is 23.6 Å². The van der Waals surface area contributed by atoms with Gasteiger partial charge in [-0.3, -0.25) is 4.79 Å². The fourth-order valence-electron chi connectivity index (χ4n) is 2.51. The predicted octanol–water partition coefficient (Wildman–Crippen LogP) is 1.67. The summed E-state index contributed by atoms with van der Waals surface area (Å²) in [7, 11) is -3.70. The number of sulfonamides is 1. The zero-order valence-electron chi connectivity index (χ0n) is 12.8. The second kappa shape index (κ2) is 6.46. The van der Waals surface area contributed by atoms with Crippen molar-refractivity contribution in [1.82, 2.24) is 10.3 Å². The molecule has 0 bridgehead atoms. The SMILES string of the molecule is NS(=O)(=O)c1ccc(CNC(=O)Cc2c[nH]c3ccccc23)cc1. The van der Waals surface area contributed by atoms with Crippen molar-refractivity contribution in [3.05, 3.63) is 65.9 Å². The molecular weight excluding hydrogens is 326 g/mol. The van der Waals surface area contributed by atoms with Gasteiger partial charge in [0.1, 0.15) is 0 Å². The molecule has 0 aliphatic carbocycles. The Labute approximate surface area is 139 Å². The Morgan fingerprint density at radius 3 is 2.50 bits per heavy atom. The van der Waals surface area contributed by atoms with Crippen molar-refractivity contribution in [1.29, 1.82) is 0 Å². The van der Waals surface area contributed by atoms with Crippen LogP contribution in [0.3, 0.4) is 0 Å². The Kier molecular flexibility index (Phi) is 4.37. The van der Waals surface area contributed by atoms with Crippen LogP contribution in [0.4, 0.5) is 0 Å². The van der Waals surface area contributed by atoms with Gasteiger partial charge in [0.25, 0.3) is 0 Å². The normalized spacial score (nSPS) is 11.5. The highest BCUT2D eigenvalue weighted by atomic mass is 32.2. The number of carbonyl (C=O) groups is 1. The van der Waals surface area contributed by atoms with Crippen LogP contribution in [0, 0.1) is 0 Å². The summed E-state index contributed by atoms with van der Waals surface area (Å²) in [6, 6.07) is 13.9. The number of amides is 1. The number of aromatic amines is 1. The van der Waals surface area contributed by atoms with E-state index >= 15 is 0 Å². The Morgan fingerprint density at radius 2 is 1.79 bits per heavy atom. The summed E-state index contributed by atoms with van der Waals surface area (Å²) in [5.41, 5.74) is 2.74. The minimum Gasteiger partial charge on any atom is -0.361 e. The van der Waals surface area contributed by atoms with E-state index in [2.05, 4.69) is 10.3 Å². The first kappa shape index (κ1) is 16.2. The minimum absolute atomic E-state index is 0.0522. The van der Waals surface area contributed by atoms with Crippen LogP contribution in [-0.2, 0) is 27.8 Å². The molecule has 0 fully saturated rings. The van der Waals surface area contributed by atoms with E-state index in [9.17, 15) is 13.2 Å². The van der Waals surface area contributed by atoms with Crippen LogP contribution < -0.4 is 10.5 Å². The summed E-state index contributed by atoms with van der Waals surface area (Å²) < 4.78 is 22.4. The molecule has 6 nitrogen and oxygen atoms in total. The molecule has 0 saturated heterocycles. The van der Waals surface area contributed by atoms with Crippen molar-refractivity contribution in [3.8, 4) is 0 Å². The summed E-state index contributed by atoms with van der Waals surface area (Å²) in [4.78, 5) is 15.3. The van der Waals surface area contributed by atoms with Crippen molar-refractivity contribution >= 4 is 26.8 Å². The number of nitrogens with two attached hydrogens (primary N) is 1. The summed E-state index contributed by atoms with van der Waals surface area (Å²) in [5, 5.41) is 8.91. The zero-order valence-corrected chi connectivity index (χ0v) is 13.6. The lowest BCUT2D eigenvalue weighted by atomic mass is 10.1. The maximum Gasteiger partial charge on any atom is 0.238 e. The number of carbonyl (C=O) groups excluding carboxylic acids is 1. The number of hydrogen-bond acceptors (Lipinski definition) is 3. The first-order valence-electron chi connectivity index (χ1n) is 7.37. The van der Waals surface area contributed by atoms with E-state index in [1.807, 2.05) is 30.5 Å². The van der Waals surface area contributed by atoms with Crippen molar-refractivity contribution in [2.24, 2.45) is 5.14 Å². The molecular formula is C17H17N3O3S. The highest BCUT2D eigenvalue weighted by Gasteiger charge is 2.09. The number of aromatic nitrogens is 1. The van der Waals surface area contributed by atoms with Crippen molar-refractivity contribution in [3.63, 3.8) is 0 Å². The maximum absolute atomic E-state index is 12.1. The van der Waals surface area contributed by atoms with Crippen LogP contribution >= 0.6 is 0 Å². The Hall–Kier alpha value is -2.64. The number of H-pyrrole nitrogens is 1. The molecule has 0 saturated carbocycles. The highest BCUT2D eigenvalue weighted by molar-refractivity contribution is 7.89. The number of primary sulfonamides is 1. The van der Waals surface area contributed by atoms with E-state index < -0.39 is 10.0 Å². The van der Waals surface area contributed by atoms with Crippen LogP contribution in [-0.4, -0.2) is 19.3 Å². The molecule has 7 heteroatoms. The van der Waals surface area contributed by atoms with Gasteiger partial charge in [-0.2, -0.15) is 0 Å². The highest BCUT2D eigenvalue weighted by Crippen LogP contribution is 2.18. The average Bonchev–Trinajstić information content (AvgIpc) is 2.96. The molecule has 0 spiro atoms. The second-order valence-corrected chi connectivity index (χ2v) is 7.06. The molecule has 1 heterocycles. The Morgan fingerprint density at radius 1 is 1.08 bits per heavy atom. The van der Waals surface area contributed by atoms with Crippen LogP contribution in [0.1, 0.15) is 11.1 Å². The maximum atomic E-state index is 12.1. The summed E-state index contributed by atoms with van der Waals surface area (Å²) in [6.45, 7) is 0.325. The number of hydrogen-bond donors (Lipinski definition) is 3. The van der Waals surface area contributed by atoms with E-state index in [4.69, 9.17) is 5.14 Å². The monoisotopic (exact) mass is 343 g/mol. The standard InChI is InChI=1S/C17H17N3O3S/c18-24(22,23)14-7-5-12(6-8-14)10-20-17(21)9-13-11-19-16-4-2-1-3-15(13)16/h1-8,11,19H,9-10H2,(H,20,21)(H2,18,22,23). The molecule has 4 N–H and O–H groups in total. The average molecular weight is 343 g/mol. The lowest BCUT2D eigenvalue weighted by molar-refractivity contribution is -0.120. The first-order valence-corrected chi connectivity index (χ1v) is 8.91. The van der Waals surface area contributed by atoms with Gasteiger partial charge in [0.15, 0.2) is 0 Å². The lowest BCUT2D eigenvalue weighted by Gasteiger charge is -2.06. The summed E-state index contributed by atoms with van der Waals surface area (Å²) in [6.07, 6.45) is 2.12. The second-order valence-electron chi connectivity index (χ2n) is 5.50. The molecule has 2 aromatic carbocycles.